The maximum atomic E-state index is 14.4. The first-order chi connectivity index (χ1) is 24.1. The van der Waals surface area contributed by atoms with Crippen molar-refractivity contribution in [1.82, 2.24) is 0 Å². The lowest BCUT2D eigenvalue weighted by atomic mass is 9.41. The second-order valence-corrected chi connectivity index (χ2v) is 16.7. The highest BCUT2D eigenvalue weighted by Crippen LogP contribution is 2.76. The number of hydrogen-bond donors (Lipinski definition) is 6. The van der Waals surface area contributed by atoms with E-state index in [0.717, 1.165) is 0 Å². The highest BCUT2D eigenvalue weighted by Gasteiger charge is 2.88. The molecule has 0 amide bonds. The van der Waals surface area contributed by atoms with Crippen molar-refractivity contribution >= 4 is 11.8 Å². The number of esters is 1. The van der Waals surface area contributed by atoms with E-state index in [1.54, 1.807) is 13.8 Å². The summed E-state index contributed by atoms with van der Waals surface area (Å²) in [6.07, 6.45) is -6.46. The minimum Gasteiger partial charge on any atom is -0.458 e. The Bertz CT molecular complexity index is 1440. The number of aliphatic hydroxyl groups excluding tert-OH is 5. The number of ketones is 1. The molecule has 8 rings (SSSR count). The first-order valence-corrected chi connectivity index (χ1v) is 18.4. The minimum atomic E-state index is -1.58. The maximum absolute atomic E-state index is 14.4. The van der Waals surface area contributed by atoms with Gasteiger partial charge in [-0.3, -0.25) is 4.79 Å². The molecule has 1 spiro atoms. The number of Topliss-reactive ketones (excluding diaryl/α,β-unsaturated/α-hetero) is 1. The zero-order valence-electron chi connectivity index (χ0n) is 29.5. The summed E-state index contributed by atoms with van der Waals surface area (Å²) in [5.41, 5.74) is -3.63. The lowest BCUT2D eigenvalue weighted by Gasteiger charge is -2.62. The Morgan fingerprint density at radius 2 is 1.73 bits per heavy atom. The zero-order chi connectivity index (χ0) is 36.4. The third-order valence-electron chi connectivity index (χ3n) is 14.5. The summed E-state index contributed by atoms with van der Waals surface area (Å²) in [5, 5.41) is 65.0. The second-order valence-electron chi connectivity index (χ2n) is 16.7. The van der Waals surface area contributed by atoms with E-state index < -0.39 is 108 Å². The van der Waals surface area contributed by atoms with E-state index in [1.165, 1.54) is 13.2 Å². The molecule has 7 fully saturated rings. The molecule has 0 aromatic rings. The predicted octanol–water partition coefficient (Wildman–Crippen LogP) is -0.755. The van der Waals surface area contributed by atoms with Gasteiger partial charge in [0.2, 0.25) is 0 Å². The van der Waals surface area contributed by atoms with Crippen LogP contribution in [0.25, 0.3) is 0 Å². The van der Waals surface area contributed by atoms with Crippen LogP contribution in [0.1, 0.15) is 65.7 Å². The van der Waals surface area contributed by atoms with Gasteiger partial charge in [0.1, 0.15) is 54.4 Å². The molecule has 0 bridgehead atoms. The summed E-state index contributed by atoms with van der Waals surface area (Å²) in [4.78, 5) is 26.4. The second kappa shape index (κ2) is 12.5. The Morgan fingerprint density at radius 1 is 0.961 bits per heavy atom. The lowest BCUT2D eigenvalue weighted by molar-refractivity contribution is -0.345. The van der Waals surface area contributed by atoms with Gasteiger partial charge >= 0.3 is 5.97 Å². The molecule has 0 radical (unpaired) electrons. The molecule has 4 aliphatic heterocycles. The molecule has 6 N–H and O–H groups in total. The van der Waals surface area contributed by atoms with Crippen LogP contribution in [0.15, 0.2) is 11.6 Å². The van der Waals surface area contributed by atoms with Crippen molar-refractivity contribution in [2.75, 3.05) is 20.3 Å². The highest BCUT2D eigenvalue weighted by molar-refractivity contribution is 5.92. The van der Waals surface area contributed by atoms with Crippen molar-refractivity contribution < 1.29 is 73.4 Å². The SMILES string of the molecule is CO[C@@H]1C[C@H](O[C@@H]2CC[C@@]3(C)[C@@H](C2)C[C@H]2O[C@@]24[C@H]3C(=O)[C@H](O)[C@]2(C)[C@@H](C3=CC(=O)OC3)CC[C@]24O)O[C@H](C)[C@@H]1O[C@@H]1O[C@@H](CO)[C@@H](O)[C@@H](O)[C@@H]1O. The summed E-state index contributed by atoms with van der Waals surface area (Å²) in [6.45, 7) is 5.16. The fourth-order valence-corrected chi connectivity index (χ4v) is 11.7. The van der Waals surface area contributed by atoms with Gasteiger partial charge in [0, 0.05) is 25.0 Å². The molecule has 3 saturated heterocycles. The molecule has 4 heterocycles. The Kier molecular flexibility index (Phi) is 8.89. The van der Waals surface area contributed by atoms with Crippen molar-refractivity contribution in [2.45, 2.75) is 151 Å². The molecule has 286 valence electrons. The molecular formula is C36H52O15. The molecule has 0 aromatic carbocycles. The van der Waals surface area contributed by atoms with E-state index in [2.05, 4.69) is 6.92 Å². The van der Waals surface area contributed by atoms with Gasteiger partial charge in [0.25, 0.3) is 0 Å². The Hall–Kier alpha value is -1.60. The standard InChI is InChI=1S/C36H52O15/c1-15-29(50-32-27(41)26(40)25(39)21(13-37)49-32)20(45-4)12-24(47-15)48-18-5-7-33(2)17(10-18)11-22-36(51-22)30(33)28(42)31(43)34(3)19(6-8-35(34,36)44)16-9-23(38)46-14-16/h9,15,17-22,24-27,29-32,37,39-41,43-44H,5-8,10-14H2,1-4H3/t15-,17+,18-,19-,20-,21+,22-,24+,25-,26-,27+,29+,30+,31+,32+,33+,34+,35+,36-/m1/s1. The van der Waals surface area contributed by atoms with E-state index in [-0.39, 0.29) is 30.5 Å². The van der Waals surface area contributed by atoms with Gasteiger partial charge in [-0.2, -0.15) is 0 Å². The van der Waals surface area contributed by atoms with Crippen LogP contribution in [0.5, 0.6) is 0 Å². The van der Waals surface area contributed by atoms with E-state index in [4.69, 9.17) is 33.2 Å². The van der Waals surface area contributed by atoms with Gasteiger partial charge in [-0.1, -0.05) is 13.8 Å². The van der Waals surface area contributed by atoms with Crippen LogP contribution < -0.4 is 0 Å². The number of rotatable bonds is 7. The first-order valence-electron chi connectivity index (χ1n) is 18.4. The molecule has 8 aliphatic rings. The summed E-state index contributed by atoms with van der Waals surface area (Å²) < 4.78 is 41.9. The maximum Gasteiger partial charge on any atom is 0.331 e. The van der Waals surface area contributed by atoms with E-state index in [9.17, 15) is 40.2 Å². The topological polar surface area (TPSA) is 223 Å². The van der Waals surface area contributed by atoms with Gasteiger partial charge in [0.05, 0.1) is 36.9 Å². The van der Waals surface area contributed by atoms with Crippen molar-refractivity contribution in [2.24, 2.45) is 28.6 Å². The number of epoxide rings is 1. The molecule has 19 atom stereocenters. The fourth-order valence-electron chi connectivity index (χ4n) is 11.7. The summed E-state index contributed by atoms with van der Waals surface area (Å²) >= 11 is 0. The molecular weight excluding hydrogens is 672 g/mol. The van der Waals surface area contributed by atoms with Crippen LogP contribution in [0, 0.1) is 28.6 Å². The summed E-state index contributed by atoms with van der Waals surface area (Å²) in [7, 11) is 1.53. The molecule has 51 heavy (non-hydrogen) atoms. The molecule has 15 nitrogen and oxygen atoms in total. The molecule has 0 aromatic heterocycles. The minimum absolute atomic E-state index is 0.0215. The Balaban J connectivity index is 0.949. The molecule has 4 saturated carbocycles. The lowest BCUT2D eigenvalue weighted by Crippen LogP contribution is -2.75. The molecule has 4 aliphatic carbocycles. The highest BCUT2D eigenvalue weighted by atomic mass is 16.7. The van der Waals surface area contributed by atoms with Crippen LogP contribution in [0.3, 0.4) is 0 Å². The summed E-state index contributed by atoms with van der Waals surface area (Å²) in [5.74, 6) is -1.81. The average molecular weight is 725 g/mol. The number of ether oxygens (including phenoxy) is 7. The number of fused-ring (bicyclic) bond motifs is 3. The number of carbonyl (C=O) groups excluding carboxylic acids is 2. The van der Waals surface area contributed by atoms with E-state index >= 15 is 0 Å². The Labute approximate surface area is 296 Å². The largest absolute Gasteiger partial charge is 0.458 e. The van der Waals surface area contributed by atoms with Gasteiger partial charge in [-0.05, 0) is 68.3 Å². The smallest absolute Gasteiger partial charge is 0.331 e. The molecule has 15 heteroatoms. The van der Waals surface area contributed by atoms with Crippen LogP contribution in [-0.2, 0) is 42.7 Å². The monoisotopic (exact) mass is 724 g/mol. The third-order valence-corrected chi connectivity index (χ3v) is 14.5. The quantitative estimate of drug-likeness (QED) is 0.108. The van der Waals surface area contributed by atoms with Gasteiger partial charge in [-0.15, -0.1) is 0 Å². The zero-order valence-corrected chi connectivity index (χ0v) is 29.5. The van der Waals surface area contributed by atoms with Gasteiger partial charge in [0.15, 0.2) is 18.4 Å². The normalized spacial score (nSPS) is 56.4. The number of carbonyl (C=O) groups is 2. The first kappa shape index (κ1) is 36.4. The predicted molar refractivity (Wildman–Crippen MR) is 170 cm³/mol. The van der Waals surface area contributed by atoms with Crippen LogP contribution in [-0.4, -0.2) is 148 Å². The van der Waals surface area contributed by atoms with E-state index in [1.807, 2.05) is 0 Å². The van der Waals surface area contributed by atoms with Crippen LogP contribution in [0.4, 0.5) is 0 Å². The van der Waals surface area contributed by atoms with Crippen LogP contribution >= 0.6 is 0 Å². The summed E-state index contributed by atoms with van der Waals surface area (Å²) in [6, 6.07) is 0. The average Bonchev–Trinajstić information content (AvgIpc) is 3.55. The van der Waals surface area contributed by atoms with Gasteiger partial charge < -0.3 is 63.8 Å². The number of hydrogen-bond acceptors (Lipinski definition) is 15. The molecule has 0 unspecified atom stereocenters. The number of aliphatic hydroxyl groups is 6. The van der Waals surface area contributed by atoms with Gasteiger partial charge in [-0.25, -0.2) is 4.79 Å². The van der Waals surface area contributed by atoms with E-state index in [0.29, 0.717) is 50.5 Å². The Morgan fingerprint density at radius 3 is 2.41 bits per heavy atom. The fraction of sp³-hybridized carbons (Fsp3) is 0.889. The van der Waals surface area contributed by atoms with Crippen molar-refractivity contribution in [3.05, 3.63) is 11.6 Å². The van der Waals surface area contributed by atoms with Crippen molar-refractivity contribution in [1.29, 1.82) is 0 Å². The third kappa shape index (κ3) is 5.00. The van der Waals surface area contributed by atoms with Crippen LogP contribution in [0.2, 0.25) is 0 Å². The van der Waals surface area contributed by atoms with Crippen molar-refractivity contribution in [3.8, 4) is 0 Å². The number of cyclic esters (lactones) is 1. The van der Waals surface area contributed by atoms with Crippen molar-refractivity contribution in [3.63, 3.8) is 0 Å². The number of methoxy groups -OCH3 is 1.